The highest BCUT2D eigenvalue weighted by atomic mass is 32.2. The van der Waals surface area contributed by atoms with Crippen LogP contribution in [0.3, 0.4) is 0 Å². The molecule has 2 aromatic heterocycles. The number of aryl methyl sites for hydroxylation is 1. The number of aromatic nitrogens is 3. The van der Waals surface area contributed by atoms with Crippen molar-refractivity contribution in [1.29, 1.82) is 0 Å². The van der Waals surface area contributed by atoms with Gasteiger partial charge in [-0.3, -0.25) is 9.59 Å². The maximum atomic E-state index is 12.3. The lowest BCUT2D eigenvalue weighted by Gasteiger charge is -2.09. The van der Waals surface area contributed by atoms with Gasteiger partial charge in [0.15, 0.2) is 10.3 Å². The van der Waals surface area contributed by atoms with Crippen LogP contribution >= 0.6 is 23.1 Å². The van der Waals surface area contributed by atoms with Crippen molar-refractivity contribution in [3.8, 4) is 0 Å². The van der Waals surface area contributed by atoms with Crippen molar-refractivity contribution in [2.24, 2.45) is 0 Å². The van der Waals surface area contributed by atoms with Gasteiger partial charge in [-0.25, -0.2) is 14.8 Å². The first-order valence-electron chi connectivity index (χ1n) is 7.29. The quantitative estimate of drug-likeness (QED) is 0.386. The van der Waals surface area contributed by atoms with Crippen LogP contribution in [-0.4, -0.2) is 38.7 Å². The van der Waals surface area contributed by atoms with Crippen molar-refractivity contribution < 1.29 is 14.3 Å². The molecule has 2 heterocycles. The monoisotopic (exact) mass is 383 g/mol. The van der Waals surface area contributed by atoms with Crippen molar-refractivity contribution in [2.45, 2.75) is 31.2 Å². The van der Waals surface area contributed by atoms with Crippen LogP contribution in [0.1, 0.15) is 29.2 Å². The number of rotatable bonds is 6. The van der Waals surface area contributed by atoms with Gasteiger partial charge in [-0.15, -0.1) is 0 Å². The Morgan fingerprint density at radius 1 is 1.48 bits per heavy atom. The number of esters is 1. The molecule has 2 rings (SSSR count). The predicted octanol–water partition coefficient (Wildman–Crippen LogP) is 1.41. The summed E-state index contributed by atoms with van der Waals surface area (Å²) in [4.78, 5) is 46.4. The van der Waals surface area contributed by atoms with Gasteiger partial charge in [-0.05, 0) is 20.8 Å². The largest absolute Gasteiger partial charge is 0.462 e. The molecule has 134 valence electrons. The normalized spacial score (nSPS) is 11.8. The van der Waals surface area contributed by atoms with Crippen LogP contribution in [0.15, 0.2) is 16.0 Å². The van der Waals surface area contributed by atoms with Gasteiger partial charge >= 0.3 is 5.97 Å². The third-order valence-corrected chi connectivity index (χ3v) is 4.92. The molecule has 0 spiro atoms. The van der Waals surface area contributed by atoms with Crippen molar-refractivity contribution in [3.05, 3.63) is 27.0 Å². The van der Waals surface area contributed by atoms with Crippen LogP contribution in [0.25, 0.3) is 0 Å². The highest BCUT2D eigenvalue weighted by Gasteiger charge is 2.21. The van der Waals surface area contributed by atoms with Gasteiger partial charge in [0.1, 0.15) is 10.7 Å². The van der Waals surface area contributed by atoms with E-state index >= 15 is 0 Å². The molecule has 0 bridgehead atoms. The van der Waals surface area contributed by atoms with Crippen LogP contribution in [0.2, 0.25) is 0 Å². The summed E-state index contributed by atoms with van der Waals surface area (Å²) in [7, 11) is 0. The molecule has 0 aliphatic carbocycles. The average Bonchev–Trinajstić information content (AvgIpc) is 2.87. The minimum Gasteiger partial charge on any atom is -0.462 e. The van der Waals surface area contributed by atoms with Crippen LogP contribution in [-0.2, 0) is 9.53 Å². The van der Waals surface area contributed by atoms with Crippen molar-refractivity contribution in [3.63, 3.8) is 0 Å². The van der Waals surface area contributed by atoms with Gasteiger partial charge in [0.05, 0.1) is 17.6 Å². The summed E-state index contributed by atoms with van der Waals surface area (Å²) in [6.07, 6.45) is 0. The molecule has 0 aliphatic heterocycles. The van der Waals surface area contributed by atoms with Gasteiger partial charge in [-0.2, -0.15) is 0 Å². The second-order valence-corrected chi connectivity index (χ2v) is 7.21. The van der Waals surface area contributed by atoms with E-state index in [2.05, 4.69) is 20.3 Å². The molecular weight excluding hydrogens is 366 g/mol. The number of nitrogens with two attached hydrogens (primary N) is 1. The first-order chi connectivity index (χ1) is 11.8. The molecule has 0 unspecified atom stereocenters. The molecule has 0 saturated carbocycles. The molecular formula is C14H17N5O4S2. The van der Waals surface area contributed by atoms with E-state index in [-0.39, 0.29) is 23.5 Å². The van der Waals surface area contributed by atoms with Gasteiger partial charge in [0.25, 0.3) is 5.56 Å². The van der Waals surface area contributed by atoms with E-state index in [0.717, 1.165) is 29.2 Å². The number of nitrogens with zero attached hydrogens (tertiary/aromatic N) is 2. The maximum Gasteiger partial charge on any atom is 0.350 e. The summed E-state index contributed by atoms with van der Waals surface area (Å²) < 4.78 is 4.94. The lowest BCUT2D eigenvalue weighted by molar-refractivity contribution is -0.115. The molecule has 0 aromatic carbocycles. The molecule has 11 heteroatoms. The first-order valence-corrected chi connectivity index (χ1v) is 8.98. The second kappa shape index (κ2) is 8.12. The number of thioether (sulfide) groups is 1. The lowest BCUT2D eigenvalue weighted by Crippen LogP contribution is -2.23. The Balaban J connectivity index is 2.05. The number of hydrogen-bond donors (Lipinski definition) is 3. The van der Waals surface area contributed by atoms with Crippen molar-refractivity contribution >= 4 is 45.9 Å². The van der Waals surface area contributed by atoms with Crippen molar-refractivity contribution in [2.75, 3.05) is 17.7 Å². The minimum atomic E-state index is -0.569. The van der Waals surface area contributed by atoms with Crippen LogP contribution in [0.5, 0.6) is 0 Å². The summed E-state index contributed by atoms with van der Waals surface area (Å²) in [6, 6.07) is 1.16. The highest BCUT2D eigenvalue weighted by Crippen LogP contribution is 2.25. The van der Waals surface area contributed by atoms with Crippen LogP contribution in [0.4, 0.5) is 10.9 Å². The van der Waals surface area contributed by atoms with E-state index in [9.17, 15) is 14.4 Å². The molecule has 9 nitrogen and oxygen atoms in total. The molecule has 25 heavy (non-hydrogen) atoms. The second-order valence-electron chi connectivity index (χ2n) is 4.88. The third kappa shape index (κ3) is 5.03. The number of aromatic amines is 1. The number of H-pyrrole nitrogens is 1. The molecule has 1 atom stereocenters. The highest BCUT2D eigenvalue weighted by molar-refractivity contribution is 8.00. The third-order valence-electron chi connectivity index (χ3n) is 2.88. The van der Waals surface area contributed by atoms with E-state index in [0.29, 0.717) is 15.7 Å². The first kappa shape index (κ1) is 18.9. The number of ether oxygens (including phenoxy) is 1. The summed E-state index contributed by atoms with van der Waals surface area (Å²) in [5.74, 6) is -0.741. The standard InChI is InChI=1S/C14H17N5O4S2/c1-4-23-12(22)10-6(2)16-13(25-10)19-11(21)7(3)24-14-17-8(15)5-9(20)18-14/h5,7H,4H2,1-3H3,(H,16,19,21)(H3,15,17,18,20)/t7-/m0/s1. The van der Waals surface area contributed by atoms with Crippen molar-refractivity contribution in [1.82, 2.24) is 15.0 Å². The van der Waals surface area contributed by atoms with Gasteiger partial charge in [-0.1, -0.05) is 23.1 Å². The smallest absolute Gasteiger partial charge is 0.350 e. The molecule has 0 radical (unpaired) electrons. The zero-order valence-electron chi connectivity index (χ0n) is 13.8. The minimum absolute atomic E-state index is 0.0773. The number of amides is 1. The molecule has 2 aromatic rings. The fourth-order valence-electron chi connectivity index (χ4n) is 1.77. The van der Waals surface area contributed by atoms with E-state index in [1.807, 2.05) is 0 Å². The Morgan fingerprint density at radius 2 is 2.20 bits per heavy atom. The number of thiazole rings is 1. The summed E-state index contributed by atoms with van der Waals surface area (Å²) in [5.41, 5.74) is 5.61. The Kier molecular flexibility index (Phi) is 6.15. The molecule has 0 aliphatic rings. The molecule has 0 fully saturated rings. The van der Waals surface area contributed by atoms with Gasteiger partial charge in [0.2, 0.25) is 5.91 Å². The topological polar surface area (TPSA) is 140 Å². The number of nitrogens with one attached hydrogen (secondary N) is 2. The Labute approximate surface area is 151 Å². The maximum absolute atomic E-state index is 12.3. The number of carbonyl (C=O) groups is 2. The summed E-state index contributed by atoms with van der Waals surface area (Å²) in [6.45, 7) is 5.29. The van der Waals surface area contributed by atoms with E-state index in [4.69, 9.17) is 10.5 Å². The lowest BCUT2D eigenvalue weighted by atomic mass is 10.4. The number of carbonyl (C=O) groups excluding carboxylic acids is 2. The number of anilines is 2. The summed E-state index contributed by atoms with van der Waals surface area (Å²) in [5, 5.41) is 2.61. The zero-order chi connectivity index (χ0) is 18.6. The number of hydrogen-bond acceptors (Lipinski definition) is 9. The fourth-order valence-corrected chi connectivity index (χ4v) is 3.45. The zero-order valence-corrected chi connectivity index (χ0v) is 15.4. The van der Waals surface area contributed by atoms with E-state index < -0.39 is 16.8 Å². The SMILES string of the molecule is CCOC(=O)c1sc(NC(=O)[C@H](C)Sc2nc(N)cc(=O)[nH]2)nc1C. The van der Waals surface area contributed by atoms with Gasteiger partial charge in [0, 0.05) is 6.07 Å². The Hall–Kier alpha value is -2.40. The Morgan fingerprint density at radius 3 is 2.84 bits per heavy atom. The fraction of sp³-hybridized carbons (Fsp3) is 0.357. The summed E-state index contributed by atoms with van der Waals surface area (Å²) >= 11 is 2.10. The number of nitrogen functional groups attached to an aromatic ring is 1. The predicted molar refractivity (Wildman–Crippen MR) is 96.0 cm³/mol. The van der Waals surface area contributed by atoms with E-state index in [1.54, 1.807) is 20.8 Å². The van der Waals surface area contributed by atoms with Crippen LogP contribution < -0.4 is 16.6 Å². The average molecular weight is 383 g/mol. The van der Waals surface area contributed by atoms with E-state index in [1.165, 1.54) is 0 Å². The molecule has 1 amide bonds. The molecule has 4 N–H and O–H groups in total. The van der Waals surface area contributed by atoms with Gasteiger partial charge < -0.3 is 20.8 Å². The Bertz CT molecular complexity index is 848. The molecule has 0 saturated heterocycles. The van der Waals surface area contributed by atoms with Crippen LogP contribution in [0, 0.1) is 6.92 Å².